The van der Waals surface area contributed by atoms with Gasteiger partial charge < -0.3 is 14.0 Å². The Morgan fingerprint density at radius 1 is 1.21 bits per heavy atom. The van der Waals surface area contributed by atoms with Gasteiger partial charge >= 0.3 is 5.69 Å². The van der Waals surface area contributed by atoms with Gasteiger partial charge in [-0.25, -0.2) is 0 Å². The first-order chi connectivity index (χ1) is 11.6. The SMILES string of the molecule is COc1cc(-c2nc(-c3ccccn3)no2)cc([N+](=O)[O-])c1OC. The van der Waals surface area contributed by atoms with Crippen LogP contribution in [0.15, 0.2) is 41.1 Å². The zero-order valence-electron chi connectivity index (χ0n) is 12.8. The summed E-state index contributed by atoms with van der Waals surface area (Å²) in [6.07, 6.45) is 1.60. The van der Waals surface area contributed by atoms with Gasteiger partial charge in [0.25, 0.3) is 5.89 Å². The Balaban J connectivity index is 2.08. The van der Waals surface area contributed by atoms with Gasteiger partial charge in [0.2, 0.25) is 11.6 Å². The molecule has 3 rings (SSSR count). The smallest absolute Gasteiger partial charge is 0.315 e. The predicted octanol–water partition coefficient (Wildman–Crippen LogP) is 2.72. The van der Waals surface area contributed by atoms with Crippen LogP contribution in [-0.4, -0.2) is 34.3 Å². The lowest BCUT2D eigenvalue weighted by Gasteiger charge is -2.08. The highest BCUT2D eigenvalue weighted by atomic mass is 16.6. The Labute approximate surface area is 136 Å². The van der Waals surface area contributed by atoms with Crippen LogP contribution in [0.4, 0.5) is 5.69 Å². The van der Waals surface area contributed by atoms with E-state index in [-0.39, 0.29) is 28.9 Å². The van der Waals surface area contributed by atoms with Crippen LogP contribution in [0, 0.1) is 10.1 Å². The van der Waals surface area contributed by atoms with Crippen LogP contribution < -0.4 is 9.47 Å². The van der Waals surface area contributed by atoms with Crippen molar-refractivity contribution in [2.45, 2.75) is 0 Å². The molecule has 2 aromatic heterocycles. The van der Waals surface area contributed by atoms with E-state index in [1.807, 2.05) is 0 Å². The molecular formula is C15H12N4O5. The Bertz CT molecular complexity index is 879. The quantitative estimate of drug-likeness (QED) is 0.519. The summed E-state index contributed by atoms with van der Waals surface area (Å²) in [5.41, 5.74) is 0.612. The molecule has 9 nitrogen and oxygen atoms in total. The fourth-order valence-corrected chi connectivity index (χ4v) is 2.14. The Morgan fingerprint density at radius 3 is 2.67 bits per heavy atom. The van der Waals surface area contributed by atoms with Gasteiger partial charge in [0.15, 0.2) is 5.75 Å². The number of nitrogens with zero attached hydrogens (tertiary/aromatic N) is 4. The van der Waals surface area contributed by atoms with Crippen molar-refractivity contribution in [3.63, 3.8) is 0 Å². The summed E-state index contributed by atoms with van der Waals surface area (Å²) in [5.74, 6) is 0.609. The summed E-state index contributed by atoms with van der Waals surface area (Å²) in [6.45, 7) is 0. The number of nitro groups is 1. The summed E-state index contributed by atoms with van der Waals surface area (Å²) in [6, 6.07) is 8.10. The number of hydrogen-bond acceptors (Lipinski definition) is 8. The lowest BCUT2D eigenvalue weighted by molar-refractivity contribution is -0.385. The van der Waals surface area contributed by atoms with E-state index in [4.69, 9.17) is 14.0 Å². The van der Waals surface area contributed by atoms with Crippen molar-refractivity contribution >= 4 is 5.69 Å². The van der Waals surface area contributed by atoms with E-state index in [9.17, 15) is 10.1 Å². The minimum Gasteiger partial charge on any atom is -0.493 e. The molecule has 0 atom stereocenters. The number of hydrogen-bond donors (Lipinski definition) is 0. The van der Waals surface area contributed by atoms with E-state index in [1.54, 1.807) is 24.4 Å². The number of ether oxygens (including phenoxy) is 2. The van der Waals surface area contributed by atoms with E-state index < -0.39 is 4.92 Å². The van der Waals surface area contributed by atoms with Gasteiger partial charge in [-0.1, -0.05) is 11.2 Å². The molecule has 0 saturated heterocycles. The lowest BCUT2D eigenvalue weighted by Crippen LogP contribution is -1.98. The van der Waals surface area contributed by atoms with Gasteiger partial charge in [-0.2, -0.15) is 4.98 Å². The van der Waals surface area contributed by atoms with Gasteiger partial charge in [-0.3, -0.25) is 15.1 Å². The third-order valence-corrected chi connectivity index (χ3v) is 3.22. The van der Waals surface area contributed by atoms with Crippen molar-refractivity contribution < 1.29 is 18.9 Å². The molecule has 2 heterocycles. The molecule has 0 aliphatic carbocycles. The molecule has 0 N–H and O–H groups in total. The van der Waals surface area contributed by atoms with E-state index in [0.717, 1.165) is 0 Å². The van der Waals surface area contributed by atoms with Crippen molar-refractivity contribution in [3.05, 3.63) is 46.6 Å². The minimum atomic E-state index is -0.569. The Kier molecular flexibility index (Phi) is 4.06. The summed E-state index contributed by atoms with van der Waals surface area (Å²) < 4.78 is 15.4. The standard InChI is InChI=1S/C15H12N4O5/c1-22-12-8-9(7-11(19(20)21)13(12)23-2)15-17-14(18-24-15)10-5-3-4-6-16-10/h3-8H,1-2H3. The van der Waals surface area contributed by atoms with Crippen molar-refractivity contribution in [2.75, 3.05) is 14.2 Å². The van der Waals surface area contributed by atoms with Crippen molar-refractivity contribution in [2.24, 2.45) is 0 Å². The van der Waals surface area contributed by atoms with Crippen molar-refractivity contribution in [1.82, 2.24) is 15.1 Å². The molecule has 0 amide bonds. The first-order valence-corrected chi connectivity index (χ1v) is 6.80. The number of aromatic nitrogens is 3. The van der Waals surface area contributed by atoms with E-state index in [1.165, 1.54) is 26.4 Å². The second kappa shape index (κ2) is 6.32. The molecule has 122 valence electrons. The second-order valence-corrected chi connectivity index (χ2v) is 4.63. The highest BCUT2D eigenvalue weighted by Crippen LogP contribution is 2.40. The molecule has 3 aromatic rings. The average Bonchev–Trinajstić information content (AvgIpc) is 3.11. The van der Waals surface area contributed by atoms with E-state index in [0.29, 0.717) is 11.3 Å². The maximum atomic E-state index is 11.3. The largest absolute Gasteiger partial charge is 0.493 e. The van der Waals surface area contributed by atoms with Crippen molar-refractivity contribution in [3.8, 4) is 34.5 Å². The van der Waals surface area contributed by atoms with E-state index in [2.05, 4.69) is 15.1 Å². The molecule has 24 heavy (non-hydrogen) atoms. The van der Waals surface area contributed by atoms with Crippen LogP contribution in [0.25, 0.3) is 23.0 Å². The number of rotatable bonds is 5. The molecule has 0 spiro atoms. The second-order valence-electron chi connectivity index (χ2n) is 4.63. The van der Waals surface area contributed by atoms with Crippen LogP contribution in [0.5, 0.6) is 11.5 Å². The van der Waals surface area contributed by atoms with Crippen LogP contribution in [0.2, 0.25) is 0 Å². The predicted molar refractivity (Wildman–Crippen MR) is 82.7 cm³/mol. The zero-order valence-corrected chi connectivity index (χ0v) is 12.8. The van der Waals surface area contributed by atoms with Gasteiger partial charge in [0.1, 0.15) is 5.69 Å². The maximum Gasteiger partial charge on any atom is 0.315 e. The average molecular weight is 328 g/mol. The van der Waals surface area contributed by atoms with E-state index >= 15 is 0 Å². The fraction of sp³-hybridized carbons (Fsp3) is 0.133. The number of methoxy groups -OCH3 is 2. The summed E-state index contributed by atoms with van der Waals surface area (Å²) in [5, 5.41) is 15.1. The Morgan fingerprint density at radius 2 is 2.04 bits per heavy atom. The van der Waals surface area contributed by atoms with Crippen molar-refractivity contribution in [1.29, 1.82) is 0 Å². The topological polar surface area (TPSA) is 113 Å². The molecule has 0 aliphatic rings. The Hall–Kier alpha value is -3.49. The molecular weight excluding hydrogens is 316 g/mol. The third-order valence-electron chi connectivity index (χ3n) is 3.22. The molecule has 0 saturated carbocycles. The normalized spacial score (nSPS) is 10.4. The number of benzene rings is 1. The van der Waals surface area contributed by atoms with Crippen LogP contribution in [0.3, 0.4) is 0 Å². The van der Waals surface area contributed by atoms with Crippen LogP contribution in [-0.2, 0) is 0 Å². The molecule has 9 heteroatoms. The summed E-state index contributed by atoms with van der Waals surface area (Å²) in [4.78, 5) is 19.0. The first-order valence-electron chi connectivity index (χ1n) is 6.80. The van der Waals surface area contributed by atoms with Gasteiger partial charge in [0, 0.05) is 12.3 Å². The maximum absolute atomic E-state index is 11.3. The molecule has 0 aliphatic heterocycles. The number of pyridine rings is 1. The fourth-order valence-electron chi connectivity index (χ4n) is 2.14. The minimum absolute atomic E-state index is 0.0238. The summed E-state index contributed by atoms with van der Waals surface area (Å²) in [7, 11) is 2.72. The van der Waals surface area contributed by atoms with Gasteiger partial charge in [-0.15, -0.1) is 0 Å². The number of nitro benzene ring substituents is 1. The van der Waals surface area contributed by atoms with Crippen LogP contribution >= 0.6 is 0 Å². The molecule has 1 aromatic carbocycles. The highest BCUT2D eigenvalue weighted by molar-refractivity contribution is 5.69. The molecule has 0 unspecified atom stereocenters. The third kappa shape index (κ3) is 2.74. The monoisotopic (exact) mass is 328 g/mol. The zero-order chi connectivity index (χ0) is 17.1. The highest BCUT2D eigenvalue weighted by Gasteiger charge is 2.24. The first kappa shape index (κ1) is 15.4. The molecule has 0 bridgehead atoms. The van der Waals surface area contributed by atoms with Gasteiger partial charge in [-0.05, 0) is 18.2 Å². The lowest BCUT2D eigenvalue weighted by atomic mass is 10.1. The molecule has 0 radical (unpaired) electrons. The summed E-state index contributed by atoms with van der Waals surface area (Å²) >= 11 is 0. The molecule has 0 fully saturated rings. The van der Waals surface area contributed by atoms with Gasteiger partial charge in [0.05, 0.1) is 24.7 Å². The van der Waals surface area contributed by atoms with Crippen LogP contribution in [0.1, 0.15) is 0 Å².